The fourth-order valence-corrected chi connectivity index (χ4v) is 2.30. The summed E-state index contributed by atoms with van der Waals surface area (Å²) in [6.07, 6.45) is 1.11. The Morgan fingerprint density at radius 2 is 2.47 bits per heavy atom. The number of aryl methyl sites for hydroxylation is 1. The molecule has 0 bridgehead atoms. The number of carboxylic acids is 1. The maximum atomic E-state index is 10.9. The van der Waals surface area contributed by atoms with Crippen LogP contribution in [0.25, 0.3) is 0 Å². The number of hydrogen-bond acceptors (Lipinski definition) is 4. The molecule has 0 amide bonds. The SMILES string of the molecule is Cc1oc(CN2CCC(CN)C2)cc1C(=O)O. The van der Waals surface area contributed by atoms with Gasteiger partial charge in [-0.2, -0.15) is 0 Å². The van der Waals surface area contributed by atoms with E-state index >= 15 is 0 Å². The van der Waals surface area contributed by atoms with E-state index in [-0.39, 0.29) is 5.56 Å². The van der Waals surface area contributed by atoms with Crippen molar-refractivity contribution in [2.45, 2.75) is 19.9 Å². The van der Waals surface area contributed by atoms with Gasteiger partial charge < -0.3 is 15.3 Å². The van der Waals surface area contributed by atoms with Crippen LogP contribution in [-0.4, -0.2) is 35.6 Å². The maximum absolute atomic E-state index is 10.9. The van der Waals surface area contributed by atoms with Crippen LogP contribution in [0.15, 0.2) is 10.5 Å². The average molecular weight is 238 g/mol. The number of nitrogens with two attached hydrogens (primary N) is 1. The largest absolute Gasteiger partial charge is 0.478 e. The molecule has 0 spiro atoms. The standard InChI is InChI=1S/C12H18N2O3/c1-8-11(12(15)16)4-10(17-8)7-14-3-2-9(5-13)6-14/h4,9H,2-3,5-7,13H2,1H3,(H,15,16). The monoisotopic (exact) mass is 238 g/mol. The molecule has 94 valence electrons. The second-order valence-corrected chi connectivity index (χ2v) is 4.61. The molecular formula is C12H18N2O3. The predicted octanol–water partition coefficient (Wildman–Crippen LogP) is 1.07. The zero-order chi connectivity index (χ0) is 12.4. The maximum Gasteiger partial charge on any atom is 0.339 e. The highest BCUT2D eigenvalue weighted by Gasteiger charge is 2.23. The number of aromatic carboxylic acids is 1. The summed E-state index contributed by atoms with van der Waals surface area (Å²) >= 11 is 0. The Morgan fingerprint density at radius 1 is 1.71 bits per heavy atom. The van der Waals surface area contributed by atoms with Gasteiger partial charge in [0.05, 0.1) is 6.54 Å². The average Bonchev–Trinajstić information content (AvgIpc) is 2.85. The third kappa shape index (κ3) is 2.68. The van der Waals surface area contributed by atoms with E-state index in [1.807, 2.05) is 0 Å². The summed E-state index contributed by atoms with van der Waals surface area (Å²) < 4.78 is 5.45. The highest BCUT2D eigenvalue weighted by Crippen LogP contribution is 2.20. The number of nitrogens with zero attached hydrogens (tertiary/aromatic N) is 1. The second-order valence-electron chi connectivity index (χ2n) is 4.61. The number of rotatable bonds is 4. The first kappa shape index (κ1) is 12.1. The van der Waals surface area contributed by atoms with E-state index < -0.39 is 5.97 Å². The molecule has 1 aromatic rings. The fraction of sp³-hybridized carbons (Fsp3) is 0.583. The first-order chi connectivity index (χ1) is 8.10. The minimum absolute atomic E-state index is 0.259. The van der Waals surface area contributed by atoms with Crippen molar-refractivity contribution in [1.29, 1.82) is 0 Å². The predicted molar refractivity (Wildman–Crippen MR) is 62.8 cm³/mol. The van der Waals surface area contributed by atoms with Crippen molar-refractivity contribution in [2.75, 3.05) is 19.6 Å². The van der Waals surface area contributed by atoms with Gasteiger partial charge in [-0.15, -0.1) is 0 Å². The number of carboxylic acid groups (broad SMARTS) is 1. The molecule has 17 heavy (non-hydrogen) atoms. The van der Waals surface area contributed by atoms with Crippen molar-refractivity contribution in [3.8, 4) is 0 Å². The minimum Gasteiger partial charge on any atom is -0.478 e. The van der Waals surface area contributed by atoms with Gasteiger partial charge in [0.1, 0.15) is 17.1 Å². The molecule has 0 radical (unpaired) electrons. The number of likely N-dealkylation sites (tertiary alicyclic amines) is 1. The van der Waals surface area contributed by atoms with E-state index in [0.717, 1.165) is 25.3 Å². The Morgan fingerprint density at radius 3 is 3.00 bits per heavy atom. The van der Waals surface area contributed by atoms with Crippen LogP contribution in [0.1, 0.15) is 28.3 Å². The summed E-state index contributed by atoms with van der Waals surface area (Å²) in [4.78, 5) is 13.1. The molecule has 3 N–H and O–H groups in total. The van der Waals surface area contributed by atoms with E-state index in [0.29, 0.717) is 24.8 Å². The number of hydrogen-bond donors (Lipinski definition) is 2. The van der Waals surface area contributed by atoms with Crippen molar-refractivity contribution in [3.63, 3.8) is 0 Å². The van der Waals surface area contributed by atoms with Gasteiger partial charge in [0, 0.05) is 6.54 Å². The van der Waals surface area contributed by atoms with E-state index in [1.54, 1.807) is 13.0 Å². The molecule has 2 heterocycles. The Kier molecular flexibility index (Phi) is 3.49. The third-order valence-electron chi connectivity index (χ3n) is 3.28. The molecule has 1 fully saturated rings. The zero-order valence-corrected chi connectivity index (χ0v) is 9.98. The second kappa shape index (κ2) is 4.89. The van der Waals surface area contributed by atoms with Gasteiger partial charge in [-0.3, -0.25) is 4.90 Å². The fourth-order valence-electron chi connectivity index (χ4n) is 2.30. The molecule has 2 rings (SSSR count). The lowest BCUT2D eigenvalue weighted by Crippen LogP contribution is -2.22. The van der Waals surface area contributed by atoms with E-state index in [9.17, 15) is 4.79 Å². The summed E-state index contributed by atoms with van der Waals surface area (Å²) in [5, 5.41) is 8.93. The van der Waals surface area contributed by atoms with Crippen LogP contribution in [-0.2, 0) is 6.54 Å². The lowest BCUT2D eigenvalue weighted by Gasteiger charge is -2.13. The van der Waals surface area contributed by atoms with Gasteiger partial charge in [0.25, 0.3) is 0 Å². The lowest BCUT2D eigenvalue weighted by atomic mass is 10.1. The Hall–Kier alpha value is -1.33. The Balaban J connectivity index is 2.00. The van der Waals surface area contributed by atoms with Gasteiger partial charge in [-0.05, 0) is 38.4 Å². The molecule has 1 atom stereocenters. The van der Waals surface area contributed by atoms with Crippen molar-refractivity contribution in [3.05, 3.63) is 23.2 Å². The highest BCUT2D eigenvalue weighted by molar-refractivity contribution is 5.88. The molecule has 1 aromatic heterocycles. The molecule has 5 nitrogen and oxygen atoms in total. The van der Waals surface area contributed by atoms with Gasteiger partial charge in [-0.1, -0.05) is 0 Å². The molecule has 1 saturated heterocycles. The van der Waals surface area contributed by atoms with Crippen LogP contribution in [0.2, 0.25) is 0 Å². The van der Waals surface area contributed by atoms with E-state index in [1.165, 1.54) is 0 Å². The summed E-state index contributed by atoms with van der Waals surface area (Å²) in [5.41, 5.74) is 5.89. The molecule has 0 saturated carbocycles. The number of carbonyl (C=O) groups is 1. The summed E-state index contributed by atoms with van der Waals surface area (Å²) in [7, 11) is 0. The molecule has 1 unspecified atom stereocenters. The van der Waals surface area contributed by atoms with Crippen LogP contribution < -0.4 is 5.73 Å². The number of furan rings is 1. The minimum atomic E-state index is -0.932. The van der Waals surface area contributed by atoms with Crippen molar-refractivity contribution >= 4 is 5.97 Å². The Labute approximate surface area is 100 Å². The molecule has 1 aliphatic heterocycles. The normalized spacial score (nSPS) is 20.9. The Bertz CT molecular complexity index is 414. The van der Waals surface area contributed by atoms with Gasteiger partial charge >= 0.3 is 5.97 Å². The molecule has 0 aliphatic carbocycles. The molecule has 5 heteroatoms. The zero-order valence-electron chi connectivity index (χ0n) is 9.98. The molecule has 0 aromatic carbocycles. The van der Waals surface area contributed by atoms with Crippen LogP contribution in [0.4, 0.5) is 0 Å². The molecular weight excluding hydrogens is 220 g/mol. The lowest BCUT2D eigenvalue weighted by molar-refractivity contribution is 0.0695. The van der Waals surface area contributed by atoms with Crippen LogP contribution >= 0.6 is 0 Å². The van der Waals surface area contributed by atoms with Gasteiger partial charge in [0.15, 0.2) is 0 Å². The van der Waals surface area contributed by atoms with E-state index in [2.05, 4.69) is 4.90 Å². The van der Waals surface area contributed by atoms with Gasteiger partial charge in [-0.25, -0.2) is 4.79 Å². The quantitative estimate of drug-likeness (QED) is 0.820. The van der Waals surface area contributed by atoms with Gasteiger partial charge in [0.2, 0.25) is 0 Å². The molecule has 1 aliphatic rings. The summed E-state index contributed by atoms with van der Waals surface area (Å²) in [6, 6.07) is 1.62. The first-order valence-electron chi connectivity index (χ1n) is 5.85. The topological polar surface area (TPSA) is 79.7 Å². The first-order valence-corrected chi connectivity index (χ1v) is 5.85. The van der Waals surface area contributed by atoms with Crippen LogP contribution in [0.5, 0.6) is 0 Å². The summed E-state index contributed by atoms with van der Waals surface area (Å²) in [5.74, 6) is 0.823. The summed E-state index contributed by atoms with van der Waals surface area (Å²) in [6.45, 7) is 5.04. The van der Waals surface area contributed by atoms with E-state index in [4.69, 9.17) is 15.3 Å². The van der Waals surface area contributed by atoms with Crippen molar-refractivity contribution in [2.24, 2.45) is 11.7 Å². The van der Waals surface area contributed by atoms with Crippen molar-refractivity contribution < 1.29 is 14.3 Å². The smallest absolute Gasteiger partial charge is 0.339 e. The van der Waals surface area contributed by atoms with Crippen LogP contribution in [0, 0.1) is 12.8 Å². The third-order valence-corrected chi connectivity index (χ3v) is 3.28. The van der Waals surface area contributed by atoms with Crippen molar-refractivity contribution in [1.82, 2.24) is 4.90 Å². The van der Waals surface area contributed by atoms with Crippen LogP contribution in [0.3, 0.4) is 0 Å². The highest BCUT2D eigenvalue weighted by atomic mass is 16.4.